The van der Waals surface area contributed by atoms with Crippen LogP contribution < -0.4 is 4.57 Å². The summed E-state index contributed by atoms with van der Waals surface area (Å²) in [6.07, 6.45) is -0.252. The Hall–Kier alpha value is -1.76. The molecule has 118 valence electrons. The SMILES string of the molecule is CC(C)(C)OC(=O)N1CCC(=O)C2C(=O)c3csc[n+]3CC21. The average molecular weight is 323 g/mol. The van der Waals surface area contributed by atoms with Gasteiger partial charge in [0.1, 0.15) is 23.3 Å². The predicted octanol–water partition coefficient (Wildman–Crippen LogP) is 1.43. The van der Waals surface area contributed by atoms with E-state index in [4.69, 9.17) is 4.74 Å². The highest BCUT2D eigenvalue weighted by molar-refractivity contribution is 7.07. The number of aromatic nitrogens is 1. The van der Waals surface area contributed by atoms with Crippen molar-refractivity contribution >= 4 is 29.0 Å². The molecule has 1 amide bonds. The highest BCUT2D eigenvalue weighted by Crippen LogP contribution is 2.29. The number of carbonyl (C=O) groups is 3. The van der Waals surface area contributed by atoms with E-state index in [1.165, 1.54) is 11.3 Å². The maximum Gasteiger partial charge on any atom is 0.410 e. The molecule has 3 heterocycles. The summed E-state index contributed by atoms with van der Waals surface area (Å²) in [6, 6.07) is -0.448. The summed E-state index contributed by atoms with van der Waals surface area (Å²) >= 11 is 1.42. The lowest BCUT2D eigenvalue weighted by Crippen LogP contribution is -2.64. The van der Waals surface area contributed by atoms with Crippen molar-refractivity contribution in [3.63, 3.8) is 0 Å². The van der Waals surface area contributed by atoms with Crippen molar-refractivity contribution in [1.82, 2.24) is 4.90 Å². The van der Waals surface area contributed by atoms with Gasteiger partial charge in [0.15, 0.2) is 6.54 Å². The van der Waals surface area contributed by atoms with Gasteiger partial charge in [0, 0.05) is 13.0 Å². The zero-order valence-electron chi connectivity index (χ0n) is 12.9. The van der Waals surface area contributed by atoms with Gasteiger partial charge in [-0.25, -0.2) is 4.79 Å². The summed E-state index contributed by atoms with van der Waals surface area (Å²) in [7, 11) is 0. The Bertz CT molecular complexity index is 646. The first-order valence-corrected chi connectivity index (χ1v) is 8.24. The minimum absolute atomic E-state index is 0.0766. The summed E-state index contributed by atoms with van der Waals surface area (Å²) in [6.45, 7) is 6.17. The van der Waals surface area contributed by atoms with Crippen molar-refractivity contribution < 1.29 is 23.7 Å². The van der Waals surface area contributed by atoms with E-state index in [9.17, 15) is 14.4 Å². The van der Waals surface area contributed by atoms with Crippen LogP contribution in [0.1, 0.15) is 37.7 Å². The molecule has 3 rings (SSSR count). The molecule has 7 heteroatoms. The fourth-order valence-electron chi connectivity index (χ4n) is 3.01. The van der Waals surface area contributed by atoms with Crippen LogP contribution in [0.15, 0.2) is 10.9 Å². The molecule has 6 nitrogen and oxygen atoms in total. The van der Waals surface area contributed by atoms with E-state index in [1.807, 2.05) is 10.1 Å². The fourth-order valence-corrected chi connectivity index (χ4v) is 3.80. The molecule has 22 heavy (non-hydrogen) atoms. The van der Waals surface area contributed by atoms with E-state index in [2.05, 4.69) is 0 Å². The number of likely N-dealkylation sites (tertiary alicyclic amines) is 1. The van der Waals surface area contributed by atoms with E-state index < -0.39 is 23.7 Å². The number of piperidine rings is 1. The van der Waals surface area contributed by atoms with Gasteiger partial charge in [0.25, 0.3) is 5.69 Å². The number of ether oxygens (including phenoxy) is 1. The van der Waals surface area contributed by atoms with Crippen LogP contribution in [-0.4, -0.2) is 40.7 Å². The van der Waals surface area contributed by atoms with E-state index in [0.717, 1.165) is 0 Å². The van der Waals surface area contributed by atoms with Crippen molar-refractivity contribution in [2.45, 2.75) is 45.4 Å². The van der Waals surface area contributed by atoms with Crippen LogP contribution >= 0.6 is 11.3 Å². The van der Waals surface area contributed by atoms with Crippen molar-refractivity contribution in [2.24, 2.45) is 5.92 Å². The number of Topliss-reactive ketones (excluding diaryl/α,β-unsaturated/α-hetero) is 2. The minimum atomic E-state index is -0.754. The second-order valence-electron chi connectivity index (χ2n) is 6.70. The third-order valence-electron chi connectivity index (χ3n) is 3.95. The Morgan fingerprint density at radius 3 is 2.82 bits per heavy atom. The fraction of sp³-hybridized carbons (Fsp3) is 0.600. The number of ketones is 2. The van der Waals surface area contributed by atoms with Crippen LogP contribution in [0.4, 0.5) is 4.79 Å². The van der Waals surface area contributed by atoms with Gasteiger partial charge in [-0.1, -0.05) is 11.3 Å². The molecule has 1 aromatic rings. The molecule has 2 atom stereocenters. The minimum Gasteiger partial charge on any atom is -0.444 e. The lowest BCUT2D eigenvalue weighted by molar-refractivity contribution is -0.702. The summed E-state index contributed by atoms with van der Waals surface area (Å²) in [5.74, 6) is -1.01. The van der Waals surface area contributed by atoms with Gasteiger partial charge in [0.2, 0.25) is 11.3 Å². The average Bonchev–Trinajstić information content (AvgIpc) is 2.85. The molecular weight excluding hydrogens is 304 g/mol. The van der Waals surface area contributed by atoms with Crippen LogP contribution in [0.25, 0.3) is 0 Å². The predicted molar refractivity (Wildman–Crippen MR) is 78.7 cm³/mol. The summed E-state index contributed by atoms with van der Waals surface area (Å²) in [5.41, 5.74) is 1.80. The zero-order valence-corrected chi connectivity index (χ0v) is 13.7. The first-order chi connectivity index (χ1) is 10.3. The number of fused-ring (bicyclic) bond motifs is 2. The summed E-state index contributed by atoms with van der Waals surface area (Å²) in [5, 5.41) is 1.76. The van der Waals surface area contributed by atoms with Crippen LogP contribution in [-0.2, 0) is 16.1 Å². The Morgan fingerprint density at radius 2 is 2.14 bits per heavy atom. The van der Waals surface area contributed by atoms with Gasteiger partial charge in [0.05, 0.1) is 5.38 Å². The topological polar surface area (TPSA) is 67.6 Å². The molecule has 0 saturated carbocycles. The van der Waals surface area contributed by atoms with Gasteiger partial charge >= 0.3 is 6.09 Å². The van der Waals surface area contributed by atoms with Crippen molar-refractivity contribution in [2.75, 3.05) is 6.54 Å². The maximum absolute atomic E-state index is 12.6. The van der Waals surface area contributed by atoms with Gasteiger partial charge in [-0.05, 0) is 20.8 Å². The van der Waals surface area contributed by atoms with Gasteiger partial charge < -0.3 is 4.74 Å². The number of hydrogen-bond donors (Lipinski definition) is 0. The molecule has 1 saturated heterocycles. The molecule has 0 bridgehead atoms. The third-order valence-corrected chi connectivity index (χ3v) is 4.69. The number of rotatable bonds is 0. The van der Waals surface area contributed by atoms with Crippen molar-refractivity contribution in [1.29, 1.82) is 0 Å². The molecule has 0 N–H and O–H groups in total. The van der Waals surface area contributed by atoms with Gasteiger partial charge in [-0.2, -0.15) is 4.57 Å². The number of amides is 1. The van der Waals surface area contributed by atoms with Gasteiger partial charge in [-0.15, -0.1) is 0 Å². The molecule has 1 fully saturated rings. The number of nitrogens with zero attached hydrogens (tertiary/aromatic N) is 2. The lowest BCUT2D eigenvalue weighted by Gasteiger charge is -2.39. The van der Waals surface area contributed by atoms with Crippen LogP contribution in [0.3, 0.4) is 0 Å². The molecule has 2 aliphatic rings. The van der Waals surface area contributed by atoms with Crippen LogP contribution in [0.2, 0.25) is 0 Å². The molecule has 2 aliphatic heterocycles. The number of thiazole rings is 1. The molecule has 2 unspecified atom stereocenters. The summed E-state index contributed by atoms with van der Waals surface area (Å²) in [4.78, 5) is 38.7. The first kappa shape index (κ1) is 15.1. The standard InChI is InChI=1S/C15H19N2O4S/c1-15(2,3)21-14(20)17-5-4-11(18)12-9(17)6-16-8-22-7-10(16)13(12)19/h7-9,12H,4-6H2,1-3H3/q+1. The molecule has 1 aromatic heterocycles. The molecule has 0 radical (unpaired) electrons. The second-order valence-corrected chi connectivity index (χ2v) is 7.41. The summed E-state index contributed by atoms with van der Waals surface area (Å²) < 4.78 is 7.25. The van der Waals surface area contributed by atoms with E-state index in [0.29, 0.717) is 18.8 Å². The zero-order chi connectivity index (χ0) is 16.1. The number of hydrogen-bond acceptors (Lipinski definition) is 5. The Labute approximate surface area is 132 Å². The van der Waals surface area contributed by atoms with E-state index >= 15 is 0 Å². The molecular formula is C15H19N2O4S+. The Morgan fingerprint density at radius 1 is 1.41 bits per heavy atom. The Kier molecular flexibility index (Phi) is 3.55. The normalized spacial score (nSPS) is 24.8. The van der Waals surface area contributed by atoms with Gasteiger partial charge in [-0.3, -0.25) is 14.5 Å². The Balaban J connectivity index is 1.91. The van der Waals surface area contributed by atoms with Crippen molar-refractivity contribution in [3.8, 4) is 0 Å². The number of carbonyl (C=O) groups excluding carboxylic acids is 3. The van der Waals surface area contributed by atoms with Crippen LogP contribution in [0, 0.1) is 5.92 Å². The maximum atomic E-state index is 12.6. The molecule has 0 aromatic carbocycles. The second kappa shape index (κ2) is 5.15. The largest absolute Gasteiger partial charge is 0.444 e. The smallest absolute Gasteiger partial charge is 0.410 e. The highest BCUT2D eigenvalue weighted by Gasteiger charge is 2.52. The van der Waals surface area contributed by atoms with E-state index in [1.54, 1.807) is 31.1 Å². The monoisotopic (exact) mass is 323 g/mol. The van der Waals surface area contributed by atoms with E-state index in [-0.39, 0.29) is 18.0 Å². The quantitative estimate of drug-likeness (QED) is 0.535. The highest BCUT2D eigenvalue weighted by atomic mass is 32.1. The molecule has 0 spiro atoms. The third kappa shape index (κ3) is 2.54. The lowest BCUT2D eigenvalue weighted by atomic mass is 9.81. The van der Waals surface area contributed by atoms with Crippen LogP contribution in [0.5, 0.6) is 0 Å². The first-order valence-electron chi connectivity index (χ1n) is 7.30. The van der Waals surface area contributed by atoms with Crippen molar-refractivity contribution in [3.05, 3.63) is 16.6 Å². The molecule has 0 aliphatic carbocycles.